The number of carbonyl (C=O) groups excluding carboxylic acids is 1. The molecule has 0 bridgehead atoms. The van der Waals surface area contributed by atoms with E-state index in [0.29, 0.717) is 18.8 Å². The van der Waals surface area contributed by atoms with Gasteiger partial charge in [-0.3, -0.25) is 4.79 Å². The first kappa shape index (κ1) is 19.0. The average Bonchev–Trinajstić information content (AvgIpc) is 2.92. The molecule has 0 aliphatic rings. The molecule has 0 saturated heterocycles. The molecule has 0 radical (unpaired) electrons. The Hall–Kier alpha value is -2.31. The normalized spacial score (nSPS) is 13.3. The summed E-state index contributed by atoms with van der Waals surface area (Å²) in [5.74, 6) is 1.96. The van der Waals surface area contributed by atoms with Crippen molar-refractivity contribution >= 4 is 5.91 Å². The Balaban J connectivity index is 1.97. The third-order valence-electron chi connectivity index (χ3n) is 4.02. The lowest BCUT2D eigenvalue weighted by atomic mass is 9.96. The first-order valence-electron chi connectivity index (χ1n) is 8.25. The molecule has 0 saturated carbocycles. The molecular formula is C19H26N2O4. The second kappa shape index (κ2) is 8.18. The summed E-state index contributed by atoms with van der Waals surface area (Å²) >= 11 is 0. The first-order chi connectivity index (χ1) is 11.8. The van der Waals surface area contributed by atoms with Gasteiger partial charge in [-0.2, -0.15) is 0 Å². The highest BCUT2D eigenvalue weighted by molar-refractivity contribution is 5.77. The fourth-order valence-electron chi connectivity index (χ4n) is 2.71. The van der Waals surface area contributed by atoms with E-state index in [9.17, 15) is 9.90 Å². The molecule has 25 heavy (non-hydrogen) atoms. The van der Waals surface area contributed by atoms with Gasteiger partial charge in [0.15, 0.2) is 6.61 Å². The van der Waals surface area contributed by atoms with Crippen LogP contribution in [0.25, 0.3) is 0 Å². The van der Waals surface area contributed by atoms with E-state index in [0.717, 1.165) is 22.6 Å². The molecule has 6 heteroatoms. The van der Waals surface area contributed by atoms with Crippen molar-refractivity contribution in [2.75, 3.05) is 20.2 Å². The maximum Gasteiger partial charge on any atom is 0.257 e. The van der Waals surface area contributed by atoms with Crippen molar-refractivity contribution in [3.05, 3.63) is 53.0 Å². The molecule has 1 atom stereocenters. The highest BCUT2D eigenvalue weighted by Gasteiger charge is 2.27. The molecule has 3 N–H and O–H groups in total. The molecule has 1 unspecified atom stereocenters. The van der Waals surface area contributed by atoms with Crippen LogP contribution in [0.2, 0.25) is 0 Å². The van der Waals surface area contributed by atoms with Crippen molar-refractivity contribution < 1.29 is 19.1 Å². The van der Waals surface area contributed by atoms with Gasteiger partial charge < -0.3 is 24.9 Å². The maximum absolute atomic E-state index is 11.3. The topological polar surface area (TPSA) is 83.7 Å². The molecule has 0 aliphatic carbocycles. The Morgan fingerprint density at radius 2 is 2.04 bits per heavy atom. The molecule has 0 fully saturated rings. The molecule has 1 aromatic heterocycles. The third-order valence-corrected chi connectivity index (χ3v) is 4.02. The zero-order chi connectivity index (χ0) is 18.4. The molecule has 0 aliphatic heterocycles. The second-order valence-electron chi connectivity index (χ2n) is 6.27. The number of para-hydroxylation sites is 1. The Kier molecular flexibility index (Phi) is 6.22. The van der Waals surface area contributed by atoms with Crippen LogP contribution in [0.1, 0.15) is 29.6 Å². The van der Waals surface area contributed by atoms with Gasteiger partial charge in [0, 0.05) is 31.3 Å². The van der Waals surface area contributed by atoms with E-state index in [2.05, 4.69) is 10.6 Å². The number of aryl methyl sites for hydroxylation is 2. The van der Waals surface area contributed by atoms with E-state index in [1.165, 1.54) is 0 Å². The Labute approximate surface area is 148 Å². The Morgan fingerprint density at radius 3 is 2.68 bits per heavy atom. The van der Waals surface area contributed by atoms with E-state index >= 15 is 0 Å². The van der Waals surface area contributed by atoms with Crippen molar-refractivity contribution in [3.8, 4) is 5.75 Å². The quantitative estimate of drug-likeness (QED) is 0.681. The van der Waals surface area contributed by atoms with Crippen LogP contribution in [0, 0.1) is 13.8 Å². The monoisotopic (exact) mass is 346 g/mol. The van der Waals surface area contributed by atoms with Crippen molar-refractivity contribution in [1.82, 2.24) is 10.6 Å². The summed E-state index contributed by atoms with van der Waals surface area (Å²) in [6.45, 7) is 6.30. The van der Waals surface area contributed by atoms with Crippen LogP contribution in [-0.4, -0.2) is 31.2 Å². The summed E-state index contributed by atoms with van der Waals surface area (Å²) in [5, 5.41) is 16.5. The van der Waals surface area contributed by atoms with Gasteiger partial charge in [-0.15, -0.1) is 0 Å². The van der Waals surface area contributed by atoms with Crippen LogP contribution >= 0.6 is 0 Å². The molecule has 2 rings (SSSR count). The van der Waals surface area contributed by atoms with Crippen LogP contribution in [0.5, 0.6) is 5.75 Å². The summed E-state index contributed by atoms with van der Waals surface area (Å²) in [6.07, 6.45) is 0. The average molecular weight is 346 g/mol. The minimum atomic E-state index is -1.04. The number of likely N-dealkylation sites (N-methyl/N-ethyl adjacent to an activating group) is 1. The lowest BCUT2D eigenvalue weighted by Crippen LogP contribution is -2.35. The van der Waals surface area contributed by atoms with E-state index < -0.39 is 5.60 Å². The van der Waals surface area contributed by atoms with Crippen LogP contribution < -0.4 is 15.4 Å². The number of hydrogen-bond acceptors (Lipinski definition) is 5. The Morgan fingerprint density at radius 1 is 1.32 bits per heavy atom. The van der Waals surface area contributed by atoms with E-state index in [4.69, 9.17) is 9.15 Å². The van der Waals surface area contributed by atoms with Gasteiger partial charge in [0.2, 0.25) is 0 Å². The van der Waals surface area contributed by atoms with Crippen LogP contribution in [0.3, 0.4) is 0 Å². The number of hydrogen-bond donors (Lipinski definition) is 3. The van der Waals surface area contributed by atoms with E-state index in [1.807, 2.05) is 44.2 Å². The Bertz CT molecular complexity index is 722. The van der Waals surface area contributed by atoms with Crippen molar-refractivity contribution in [2.24, 2.45) is 0 Å². The number of aliphatic hydroxyl groups is 1. The first-order valence-corrected chi connectivity index (χ1v) is 8.25. The largest absolute Gasteiger partial charge is 0.483 e. The second-order valence-corrected chi connectivity index (χ2v) is 6.27. The fourth-order valence-corrected chi connectivity index (χ4v) is 2.71. The summed E-state index contributed by atoms with van der Waals surface area (Å²) in [7, 11) is 1.57. The zero-order valence-corrected chi connectivity index (χ0v) is 15.2. The van der Waals surface area contributed by atoms with Crippen LogP contribution in [0.4, 0.5) is 0 Å². The number of rotatable bonds is 8. The number of ether oxygens (including phenoxy) is 1. The van der Waals surface area contributed by atoms with Gasteiger partial charge in [0.1, 0.15) is 22.9 Å². The minimum Gasteiger partial charge on any atom is -0.483 e. The highest BCUT2D eigenvalue weighted by Crippen LogP contribution is 2.26. The van der Waals surface area contributed by atoms with E-state index in [1.54, 1.807) is 14.0 Å². The van der Waals surface area contributed by atoms with Gasteiger partial charge in [-0.05, 0) is 32.9 Å². The fraction of sp³-hybridized carbons (Fsp3) is 0.421. The third kappa shape index (κ3) is 5.08. The highest BCUT2D eigenvalue weighted by atomic mass is 16.5. The SMILES string of the molecule is CNC(=O)COc1ccccc1CNCC(C)(O)c1cc(C)oc1C. The molecule has 0 spiro atoms. The molecule has 136 valence electrons. The maximum atomic E-state index is 11.3. The minimum absolute atomic E-state index is 0.0290. The number of amides is 1. The molecule has 1 heterocycles. The van der Waals surface area contributed by atoms with Crippen LogP contribution in [0.15, 0.2) is 34.7 Å². The molecule has 2 aromatic rings. The van der Waals surface area contributed by atoms with Crippen molar-refractivity contribution in [2.45, 2.75) is 32.9 Å². The smallest absolute Gasteiger partial charge is 0.257 e. The van der Waals surface area contributed by atoms with Crippen molar-refractivity contribution in [3.63, 3.8) is 0 Å². The number of carbonyl (C=O) groups is 1. The van der Waals surface area contributed by atoms with Gasteiger partial charge >= 0.3 is 0 Å². The molecule has 6 nitrogen and oxygen atoms in total. The number of benzene rings is 1. The van der Waals surface area contributed by atoms with Crippen LogP contribution in [-0.2, 0) is 16.9 Å². The van der Waals surface area contributed by atoms with Gasteiger partial charge in [0.25, 0.3) is 5.91 Å². The van der Waals surface area contributed by atoms with Crippen molar-refractivity contribution in [1.29, 1.82) is 0 Å². The number of furan rings is 1. The molecular weight excluding hydrogens is 320 g/mol. The summed E-state index contributed by atoms with van der Waals surface area (Å²) < 4.78 is 11.1. The van der Waals surface area contributed by atoms with Gasteiger partial charge in [-0.1, -0.05) is 18.2 Å². The van der Waals surface area contributed by atoms with Gasteiger partial charge in [-0.25, -0.2) is 0 Å². The number of nitrogens with one attached hydrogen (secondary N) is 2. The molecule has 1 amide bonds. The predicted octanol–water partition coefficient (Wildman–Crippen LogP) is 2.02. The van der Waals surface area contributed by atoms with Gasteiger partial charge in [0.05, 0.1) is 0 Å². The lowest BCUT2D eigenvalue weighted by Gasteiger charge is -2.23. The molecule has 1 aromatic carbocycles. The predicted molar refractivity (Wildman–Crippen MR) is 95.5 cm³/mol. The standard InChI is InChI=1S/C19H26N2O4/c1-13-9-16(14(2)25-13)19(3,23)12-21-10-15-7-5-6-8-17(15)24-11-18(22)20-4/h5-9,21,23H,10-12H2,1-4H3,(H,20,22). The summed E-state index contributed by atoms with van der Waals surface area (Å²) in [4.78, 5) is 11.3. The summed E-state index contributed by atoms with van der Waals surface area (Å²) in [6, 6.07) is 9.37. The summed E-state index contributed by atoms with van der Waals surface area (Å²) in [5.41, 5.74) is 0.656. The van der Waals surface area contributed by atoms with E-state index in [-0.39, 0.29) is 12.5 Å². The zero-order valence-electron chi connectivity index (χ0n) is 15.2. The lowest BCUT2D eigenvalue weighted by molar-refractivity contribution is -0.122.